The van der Waals surface area contributed by atoms with E-state index >= 15 is 0 Å². The molecule has 1 aromatic carbocycles. The molecule has 0 aliphatic rings. The lowest BCUT2D eigenvalue weighted by molar-refractivity contribution is -0.158. The smallest absolute Gasteiger partial charge is 0.318 e. The molecule has 0 aliphatic heterocycles. The van der Waals surface area contributed by atoms with E-state index in [9.17, 15) is 4.79 Å². The van der Waals surface area contributed by atoms with E-state index in [0.29, 0.717) is 6.61 Å². The van der Waals surface area contributed by atoms with Gasteiger partial charge in [0.1, 0.15) is 11.5 Å². The van der Waals surface area contributed by atoms with Crippen LogP contribution >= 0.6 is 0 Å². The number of hydrogen-bond acceptors (Lipinski definition) is 3. The Labute approximate surface area is 135 Å². The molecule has 3 heteroatoms. The predicted octanol–water partition coefficient (Wildman–Crippen LogP) is 4.49. The van der Waals surface area contributed by atoms with E-state index in [4.69, 9.17) is 9.47 Å². The molecule has 22 heavy (non-hydrogen) atoms. The van der Waals surface area contributed by atoms with Gasteiger partial charge in [0.15, 0.2) is 0 Å². The molecule has 3 nitrogen and oxygen atoms in total. The van der Waals surface area contributed by atoms with Crippen molar-refractivity contribution in [1.82, 2.24) is 0 Å². The minimum Gasteiger partial charge on any atom is -0.462 e. The van der Waals surface area contributed by atoms with Crippen LogP contribution in [0, 0.1) is 0 Å². The van der Waals surface area contributed by atoms with Crippen molar-refractivity contribution in [3.8, 4) is 0 Å². The Morgan fingerprint density at radius 3 is 2.41 bits per heavy atom. The molecule has 0 heterocycles. The molecule has 0 N–H and O–H groups in total. The second kappa shape index (κ2) is 9.62. The van der Waals surface area contributed by atoms with Crippen LogP contribution in [0.25, 0.3) is 0 Å². The van der Waals surface area contributed by atoms with E-state index in [1.807, 2.05) is 37.3 Å². The van der Waals surface area contributed by atoms with Crippen LogP contribution in [0.4, 0.5) is 0 Å². The average molecular weight is 306 g/mol. The molecule has 124 valence electrons. The summed E-state index contributed by atoms with van der Waals surface area (Å²) < 4.78 is 11.1. The Bertz CT molecular complexity index is 430. The third-order valence-electron chi connectivity index (χ3n) is 4.15. The van der Waals surface area contributed by atoms with Gasteiger partial charge in [-0.05, 0) is 31.7 Å². The zero-order valence-electron chi connectivity index (χ0n) is 14.4. The molecule has 0 bridgehead atoms. The minimum atomic E-state index is -0.756. The summed E-state index contributed by atoms with van der Waals surface area (Å²) in [7, 11) is 1.62. The van der Waals surface area contributed by atoms with Crippen LogP contribution in [0.3, 0.4) is 0 Å². The first-order valence-electron chi connectivity index (χ1n) is 8.34. The van der Waals surface area contributed by atoms with Crippen LogP contribution in [0.5, 0.6) is 0 Å². The fourth-order valence-electron chi connectivity index (χ4n) is 2.60. The SMILES string of the molecule is CCCCCC(CC)OC(=O)C(C)(COC)c1ccccc1. The van der Waals surface area contributed by atoms with E-state index in [2.05, 4.69) is 13.8 Å². The molecule has 0 spiro atoms. The predicted molar refractivity (Wildman–Crippen MR) is 90.0 cm³/mol. The monoisotopic (exact) mass is 306 g/mol. The van der Waals surface area contributed by atoms with Crippen molar-refractivity contribution >= 4 is 5.97 Å². The van der Waals surface area contributed by atoms with Gasteiger partial charge in [0, 0.05) is 7.11 Å². The van der Waals surface area contributed by atoms with Crippen LogP contribution < -0.4 is 0 Å². The summed E-state index contributed by atoms with van der Waals surface area (Å²) in [6, 6.07) is 9.74. The first-order chi connectivity index (χ1) is 10.6. The molecule has 0 aliphatic carbocycles. The van der Waals surface area contributed by atoms with Crippen molar-refractivity contribution in [3.63, 3.8) is 0 Å². The molecule has 0 fully saturated rings. The molecule has 0 saturated carbocycles. The third-order valence-corrected chi connectivity index (χ3v) is 4.15. The second-order valence-electron chi connectivity index (χ2n) is 6.06. The number of hydrogen-bond donors (Lipinski definition) is 0. The summed E-state index contributed by atoms with van der Waals surface area (Å²) in [5.41, 5.74) is 0.180. The molecule has 1 rings (SSSR count). The van der Waals surface area contributed by atoms with Gasteiger partial charge >= 0.3 is 5.97 Å². The van der Waals surface area contributed by atoms with Gasteiger partial charge in [0.2, 0.25) is 0 Å². The number of carbonyl (C=O) groups is 1. The zero-order chi connectivity index (χ0) is 16.4. The fourth-order valence-corrected chi connectivity index (χ4v) is 2.60. The Morgan fingerprint density at radius 1 is 1.18 bits per heavy atom. The maximum Gasteiger partial charge on any atom is 0.318 e. The number of rotatable bonds is 10. The number of methoxy groups -OCH3 is 1. The second-order valence-corrected chi connectivity index (χ2v) is 6.06. The van der Waals surface area contributed by atoms with E-state index in [1.165, 1.54) is 12.8 Å². The van der Waals surface area contributed by atoms with Crippen molar-refractivity contribution < 1.29 is 14.3 Å². The zero-order valence-corrected chi connectivity index (χ0v) is 14.4. The largest absolute Gasteiger partial charge is 0.462 e. The highest BCUT2D eigenvalue weighted by Gasteiger charge is 2.38. The van der Waals surface area contributed by atoms with Gasteiger partial charge in [-0.2, -0.15) is 0 Å². The van der Waals surface area contributed by atoms with E-state index in [0.717, 1.165) is 24.8 Å². The van der Waals surface area contributed by atoms with Gasteiger partial charge in [-0.15, -0.1) is 0 Å². The van der Waals surface area contributed by atoms with Crippen LogP contribution in [0.15, 0.2) is 30.3 Å². The minimum absolute atomic E-state index is 0.000978. The lowest BCUT2D eigenvalue weighted by atomic mass is 9.83. The Hall–Kier alpha value is -1.35. The molecule has 1 aromatic rings. The van der Waals surface area contributed by atoms with Crippen LogP contribution in [0.2, 0.25) is 0 Å². The molecule has 2 unspecified atom stereocenters. The highest BCUT2D eigenvalue weighted by Crippen LogP contribution is 2.27. The van der Waals surface area contributed by atoms with Gasteiger partial charge in [0.05, 0.1) is 6.61 Å². The lowest BCUT2D eigenvalue weighted by Gasteiger charge is -2.29. The van der Waals surface area contributed by atoms with Crippen molar-refractivity contribution in [2.45, 2.75) is 64.4 Å². The molecule has 0 amide bonds. The standard InChI is InChI=1S/C19H30O3/c1-5-7-9-14-17(6-2)22-18(20)19(3,15-21-4)16-12-10-8-11-13-16/h8,10-13,17H,5-7,9,14-15H2,1-4H3. The summed E-state index contributed by atoms with van der Waals surface area (Å²) in [5, 5.41) is 0. The topological polar surface area (TPSA) is 35.5 Å². The molecule has 2 atom stereocenters. The first-order valence-corrected chi connectivity index (χ1v) is 8.34. The van der Waals surface area contributed by atoms with E-state index in [1.54, 1.807) is 7.11 Å². The fraction of sp³-hybridized carbons (Fsp3) is 0.632. The van der Waals surface area contributed by atoms with E-state index in [-0.39, 0.29) is 12.1 Å². The summed E-state index contributed by atoms with van der Waals surface area (Å²) in [4.78, 5) is 12.8. The molecular weight excluding hydrogens is 276 g/mol. The van der Waals surface area contributed by atoms with Gasteiger partial charge in [0.25, 0.3) is 0 Å². The van der Waals surface area contributed by atoms with Crippen LogP contribution in [0.1, 0.15) is 58.4 Å². The van der Waals surface area contributed by atoms with Gasteiger partial charge < -0.3 is 9.47 Å². The van der Waals surface area contributed by atoms with Crippen molar-refractivity contribution in [1.29, 1.82) is 0 Å². The van der Waals surface area contributed by atoms with Crippen molar-refractivity contribution in [2.24, 2.45) is 0 Å². The summed E-state index contributed by atoms with van der Waals surface area (Å²) in [6.07, 6.45) is 5.26. The molecule has 0 radical (unpaired) electrons. The van der Waals surface area contributed by atoms with Crippen LogP contribution in [-0.4, -0.2) is 25.8 Å². The molecular formula is C19H30O3. The number of carbonyl (C=O) groups excluding carboxylic acids is 1. The molecule has 0 saturated heterocycles. The average Bonchev–Trinajstić information content (AvgIpc) is 2.54. The maximum absolute atomic E-state index is 12.8. The third kappa shape index (κ3) is 5.13. The van der Waals surface area contributed by atoms with Crippen LogP contribution in [-0.2, 0) is 19.7 Å². The summed E-state index contributed by atoms with van der Waals surface area (Å²) in [6.45, 7) is 6.46. The number of benzene rings is 1. The number of ether oxygens (including phenoxy) is 2. The maximum atomic E-state index is 12.8. The number of unbranched alkanes of at least 4 members (excludes halogenated alkanes) is 2. The van der Waals surface area contributed by atoms with Gasteiger partial charge in [-0.25, -0.2) is 0 Å². The normalized spacial score (nSPS) is 15.1. The van der Waals surface area contributed by atoms with Crippen molar-refractivity contribution in [3.05, 3.63) is 35.9 Å². The summed E-state index contributed by atoms with van der Waals surface area (Å²) in [5.74, 6) is -0.191. The highest BCUT2D eigenvalue weighted by atomic mass is 16.5. The quantitative estimate of drug-likeness (QED) is 0.472. The van der Waals surface area contributed by atoms with Gasteiger partial charge in [-0.3, -0.25) is 4.79 Å². The lowest BCUT2D eigenvalue weighted by Crippen LogP contribution is -2.40. The number of esters is 1. The Balaban J connectivity index is 2.80. The molecule has 0 aromatic heterocycles. The first kappa shape index (κ1) is 18.7. The van der Waals surface area contributed by atoms with Crippen molar-refractivity contribution in [2.75, 3.05) is 13.7 Å². The Kier molecular flexibility index (Phi) is 8.18. The Morgan fingerprint density at radius 2 is 1.86 bits per heavy atom. The summed E-state index contributed by atoms with van der Waals surface area (Å²) >= 11 is 0. The highest BCUT2D eigenvalue weighted by molar-refractivity contribution is 5.83. The van der Waals surface area contributed by atoms with E-state index < -0.39 is 5.41 Å². The van der Waals surface area contributed by atoms with Gasteiger partial charge in [-0.1, -0.05) is 57.0 Å².